The highest BCUT2D eigenvalue weighted by Gasteiger charge is 2.20. The maximum atomic E-state index is 11.1. The van der Waals surface area contributed by atoms with Crippen molar-refractivity contribution in [3.05, 3.63) is 33.8 Å². The Morgan fingerprint density at radius 3 is 2.53 bits per heavy atom. The van der Waals surface area contributed by atoms with Crippen molar-refractivity contribution in [1.82, 2.24) is 4.90 Å². The summed E-state index contributed by atoms with van der Waals surface area (Å²) in [6.45, 7) is 2.21. The minimum atomic E-state index is -3.49. The fourth-order valence-corrected chi connectivity index (χ4v) is 4.22. The molecule has 0 saturated carbocycles. The molecule has 106 valence electrons. The molecule has 0 amide bonds. The largest absolute Gasteiger partial charge is 0.306 e. The van der Waals surface area contributed by atoms with E-state index < -0.39 is 9.05 Å². The second-order valence-electron chi connectivity index (χ2n) is 5.12. The van der Waals surface area contributed by atoms with Crippen LogP contribution in [0.4, 0.5) is 0 Å². The highest BCUT2D eigenvalue weighted by atomic mass is 79.9. The van der Waals surface area contributed by atoms with Crippen molar-refractivity contribution < 1.29 is 8.42 Å². The van der Waals surface area contributed by atoms with Crippen LogP contribution in [0.25, 0.3) is 0 Å². The molecule has 1 fully saturated rings. The van der Waals surface area contributed by atoms with Gasteiger partial charge in [0.05, 0.1) is 5.75 Å². The third kappa shape index (κ3) is 4.45. The summed E-state index contributed by atoms with van der Waals surface area (Å²) in [5.74, 6) is 0.424. The maximum Gasteiger partial charge on any atom is 0.236 e. The van der Waals surface area contributed by atoms with Gasteiger partial charge in [-0.3, -0.25) is 0 Å². The summed E-state index contributed by atoms with van der Waals surface area (Å²) in [4.78, 5) is 2.33. The lowest BCUT2D eigenvalue weighted by molar-refractivity contribution is 0.255. The van der Waals surface area contributed by atoms with Crippen molar-refractivity contribution >= 4 is 35.7 Å². The van der Waals surface area contributed by atoms with Gasteiger partial charge in [-0.25, -0.2) is 8.42 Å². The molecule has 0 N–H and O–H groups in total. The predicted octanol–water partition coefficient (Wildman–Crippen LogP) is 3.33. The third-order valence-corrected chi connectivity index (χ3v) is 5.25. The number of piperidine rings is 1. The lowest BCUT2D eigenvalue weighted by Crippen LogP contribution is -2.29. The van der Waals surface area contributed by atoms with Crippen molar-refractivity contribution in [2.24, 2.45) is 0 Å². The summed E-state index contributed by atoms with van der Waals surface area (Å²) in [5.41, 5.74) is 1.99. The number of hydrogen-bond donors (Lipinski definition) is 0. The molecule has 0 spiro atoms. The molecule has 2 rings (SSSR count). The zero-order valence-corrected chi connectivity index (χ0v) is 13.9. The van der Waals surface area contributed by atoms with Gasteiger partial charge in [0.25, 0.3) is 0 Å². The third-order valence-electron chi connectivity index (χ3n) is 3.56. The molecule has 0 bridgehead atoms. The van der Waals surface area contributed by atoms with E-state index in [1.54, 1.807) is 0 Å². The van der Waals surface area contributed by atoms with Gasteiger partial charge >= 0.3 is 0 Å². The molecule has 19 heavy (non-hydrogen) atoms. The molecule has 1 aliphatic rings. The molecule has 1 aromatic carbocycles. The molecule has 0 aromatic heterocycles. The van der Waals surface area contributed by atoms with Crippen LogP contribution in [0.15, 0.2) is 22.7 Å². The molecule has 1 aliphatic heterocycles. The predicted molar refractivity (Wildman–Crippen MR) is 82.1 cm³/mol. The van der Waals surface area contributed by atoms with E-state index in [0.717, 1.165) is 36.0 Å². The van der Waals surface area contributed by atoms with E-state index in [4.69, 9.17) is 10.7 Å². The first-order chi connectivity index (χ1) is 8.85. The molecule has 1 heterocycles. The lowest BCUT2D eigenvalue weighted by atomic mass is 9.89. The van der Waals surface area contributed by atoms with Crippen molar-refractivity contribution in [2.45, 2.75) is 24.5 Å². The number of hydrogen-bond acceptors (Lipinski definition) is 3. The molecule has 0 radical (unpaired) electrons. The van der Waals surface area contributed by atoms with Gasteiger partial charge in [-0.15, -0.1) is 0 Å². The molecule has 0 aliphatic carbocycles. The fraction of sp³-hybridized carbons (Fsp3) is 0.538. The average molecular weight is 367 g/mol. The van der Waals surface area contributed by atoms with Gasteiger partial charge in [0, 0.05) is 15.2 Å². The van der Waals surface area contributed by atoms with Crippen molar-refractivity contribution in [3.8, 4) is 0 Å². The topological polar surface area (TPSA) is 37.4 Å². The number of rotatable bonds is 3. The average Bonchev–Trinajstić information content (AvgIpc) is 2.29. The van der Waals surface area contributed by atoms with Gasteiger partial charge in [-0.2, -0.15) is 0 Å². The first kappa shape index (κ1) is 15.3. The fourth-order valence-electron chi connectivity index (χ4n) is 2.51. The van der Waals surface area contributed by atoms with Crippen LogP contribution in [0.3, 0.4) is 0 Å². The van der Waals surface area contributed by atoms with Gasteiger partial charge in [0.1, 0.15) is 0 Å². The molecule has 1 saturated heterocycles. The zero-order chi connectivity index (χ0) is 14.0. The van der Waals surface area contributed by atoms with E-state index in [2.05, 4.69) is 27.9 Å². The number of halogens is 2. The minimum Gasteiger partial charge on any atom is -0.306 e. The second-order valence-corrected chi connectivity index (χ2v) is 8.75. The molecule has 6 heteroatoms. The summed E-state index contributed by atoms with van der Waals surface area (Å²) in [7, 11) is 3.92. The highest BCUT2D eigenvalue weighted by molar-refractivity contribution is 9.10. The van der Waals surface area contributed by atoms with E-state index in [0.29, 0.717) is 5.92 Å². The molecule has 0 unspecified atom stereocenters. The van der Waals surface area contributed by atoms with Crippen molar-refractivity contribution in [3.63, 3.8) is 0 Å². The Morgan fingerprint density at radius 2 is 2.00 bits per heavy atom. The first-order valence-corrected chi connectivity index (χ1v) is 9.51. The Kier molecular flexibility index (Phi) is 4.93. The van der Waals surface area contributed by atoms with Gasteiger partial charge < -0.3 is 4.90 Å². The molecular weight excluding hydrogens is 350 g/mol. The van der Waals surface area contributed by atoms with Crippen LogP contribution >= 0.6 is 26.6 Å². The minimum absolute atomic E-state index is 0.124. The SMILES string of the molecule is CN1CCC(c2ccc(CS(=O)(=O)Cl)cc2Br)CC1. The number of likely N-dealkylation sites (tertiary alicyclic amines) is 1. The summed E-state index contributed by atoms with van der Waals surface area (Å²) in [6.07, 6.45) is 2.28. The molecule has 3 nitrogen and oxygen atoms in total. The summed E-state index contributed by atoms with van der Waals surface area (Å²) < 4.78 is 23.1. The standard InChI is InChI=1S/C13H17BrClNO2S/c1-16-6-4-11(5-7-16)12-3-2-10(8-13(12)14)9-19(15,17)18/h2-3,8,11H,4-7,9H2,1H3. The van der Waals surface area contributed by atoms with Crippen LogP contribution in [0, 0.1) is 0 Å². The Labute approximate surface area is 127 Å². The lowest BCUT2D eigenvalue weighted by Gasteiger charge is -2.29. The smallest absolute Gasteiger partial charge is 0.236 e. The second kappa shape index (κ2) is 6.12. The summed E-state index contributed by atoms with van der Waals surface area (Å²) in [5, 5.41) is 0. The molecule has 0 atom stereocenters. The summed E-state index contributed by atoms with van der Waals surface area (Å²) in [6, 6.07) is 5.75. The molecular formula is C13H17BrClNO2S. The van der Waals surface area contributed by atoms with Crippen LogP contribution in [0.2, 0.25) is 0 Å². The van der Waals surface area contributed by atoms with Gasteiger partial charge in [0.2, 0.25) is 9.05 Å². The van der Waals surface area contributed by atoms with Crippen molar-refractivity contribution in [2.75, 3.05) is 20.1 Å². The molecule has 1 aromatic rings. The van der Waals surface area contributed by atoms with Crippen LogP contribution in [0.1, 0.15) is 29.9 Å². The maximum absolute atomic E-state index is 11.1. The Balaban J connectivity index is 2.15. The van der Waals surface area contributed by atoms with E-state index >= 15 is 0 Å². The van der Waals surface area contributed by atoms with Gasteiger partial charge in [-0.05, 0) is 56.1 Å². The van der Waals surface area contributed by atoms with Gasteiger partial charge in [-0.1, -0.05) is 28.1 Å². The Morgan fingerprint density at radius 1 is 1.37 bits per heavy atom. The highest BCUT2D eigenvalue weighted by Crippen LogP contribution is 2.33. The van der Waals surface area contributed by atoms with Crippen LogP contribution in [-0.2, 0) is 14.8 Å². The van der Waals surface area contributed by atoms with E-state index in [1.807, 2.05) is 18.2 Å². The van der Waals surface area contributed by atoms with E-state index in [-0.39, 0.29) is 5.75 Å². The monoisotopic (exact) mass is 365 g/mol. The number of nitrogens with zero attached hydrogens (tertiary/aromatic N) is 1. The van der Waals surface area contributed by atoms with Crippen LogP contribution in [0.5, 0.6) is 0 Å². The van der Waals surface area contributed by atoms with Crippen molar-refractivity contribution in [1.29, 1.82) is 0 Å². The quantitative estimate of drug-likeness (QED) is 0.770. The summed E-state index contributed by atoms with van der Waals surface area (Å²) >= 11 is 3.55. The van der Waals surface area contributed by atoms with E-state index in [1.165, 1.54) is 5.56 Å². The van der Waals surface area contributed by atoms with Gasteiger partial charge in [0.15, 0.2) is 0 Å². The first-order valence-electron chi connectivity index (χ1n) is 6.24. The van der Waals surface area contributed by atoms with E-state index in [9.17, 15) is 8.42 Å². The normalized spacial score (nSPS) is 18.7. The Bertz CT molecular complexity index is 554. The number of benzene rings is 1. The van der Waals surface area contributed by atoms with Crippen LogP contribution in [-0.4, -0.2) is 33.5 Å². The zero-order valence-electron chi connectivity index (χ0n) is 10.8. The Hall–Kier alpha value is -0.100. The van der Waals surface area contributed by atoms with Crippen LogP contribution < -0.4 is 0 Å².